The number of aromatic nitrogens is 1. The standard InChI is InChI=1S/C12H20BrN3O/c1-5-16-8-10(13)6-11(16)12(17)14-9(2)7-15(3)4/h6,8-9H,5,7H2,1-4H3,(H,14,17). The van der Waals surface area contributed by atoms with E-state index in [-0.39, 0.29) is 11.9 Å². The van der Waals surface area contributed by atoms with Crippen LogP contribution in [0, 0.1) is 0 Å². The van der Waals surface area contributed by atoms with E-state index in [0.29, 0.717) is 5.69 Å². The quantitative estimate of drug-likeness (QED) is 0.902. The first kappa shape index (κ1) is 14.3. The summed E-state index contributed by atoms with van der Waals surface area (Å²) in [5, 5.41) is 2.99. The average molecular weight is 302 g/mol. The first-order valence-corrected chi connectivity index (χ1v) is 6.54. The molecule has 4 nitrogen and oxygen atoms in total. The Hall–Kier alpha value is -0.810. The Kier molecular flexibility index (Phi) is 5.21. The zero-order valence-corrected chi connectivity index (χ0v) is 12.4. The van der Waals surface area contributed by atoms with Gasteiger partial charge in [-0.1, -0.05) is 0 Å². The Bertz CT molecular complexity index is 387. The van der Waals surface area contributed by atoms with Gasteiger partial charge in [0, 0.05) is 29.8 Å². The smallest absolute Gasteiger partial charge is 0.268 e. The van der Waals surface area contributed by atoms with Gasteiger partial charge in [-0.25, -0.2) is 0 Å². The summed E-state index contributed by atoms with van der Waals surface area (Å²) in [6.45, 7) is 5.65. The van der Waals surface area contributed by atoms with Crippen molar-refractivity contribution in [2.24, 2.45) is 0 Å². The molecular formula is C12H20BrN3O. The molecule has 0 bridgehead atoms. The lowest BCUT2D eigenvalue weighted by Gasteiger charge is -2.18. The van der Waals surface area contributed by atoms with Gasteiger partial charge in [-0.05, 0) is 49.9 Å². The molecule has 0 fully saturated rings. The van der Waals surface area contributed by atoms with Crippen LogP contribution in [0.25, 0.3) is 0 Å². The van der Waals surface area contributed by atoms with Gasteiger partial charge in [0.15, 0.2) is 0 Å². The average Bonchev–Trinajstić information content (AvgIpc) is 2.58. The highest BCUT2D eigenvalue weighted by Gasteiger charge is 2.14. The summed E-state index contributed by atoms with van der Waals surface area (Å²) in [5.41, 5.74) is 0.699. The fraction of sp³-hybridized carbons (Fsp3) is 0.583. The largest absolute Gasteiger partial charge is 0.347 e. The molecule has 0 aliphatic rings. The second-order valence-corrected chi connectivity index (χ2v) is 5.38. The summed E-state index contributed by atoms with van der Waals surface area (Å²) < 4.78 is 2.87. The Balaban J connectivity index is 2.69. The van der Waals surface area contributed by atoms with E-state index < -0.39 is 0 Å². The van der Waals surface area contributed by atoms with Crippen LogP contribution in [0.15, 0.2) is 16.7 Å². The molecule has 1 atom stereocenters. The van der Waals surface area contributed by atoms with Crippen molar-refractivity contribution in [2.45, 2.75) is 26.4 Å². The van der Waals surface area contributed by atoms with Crippen LogP contribution in [-0.4, -0.2) is 42.1 Å². The molecule has 1 aromatic heterocycles. The number of nitrogens with one attached hydrogen (secondary N) is 1. The van der Waals surface area contributed by atoms with E-state index in [1.807, 2.05) is 44.8 Å². The number of likely N-dealkylation sites (N-methyl/N-ethyl adjacent to an activating group) is 1. The summed E-state index contributed by atoms with van der Waals surface area (Å²) in [6, 6.07) is 1.98. The summed E-state index contributed by atoms with van der Waals surface area (Å²) in [4.78, 5) is 14.1. The Labute approximate surface area is 111 Å². The Morgan fingerprint density at radius 3 is 2.76 bits per heavy atom. The molecular weight excluding hydrogens is 282 g/mol. The molecule has 1 amide bonds. The molecule has 0 saturated carbocycles. The molecule has 0 radical (unpaired) electrons. The van der Waals surface area contributed by atoms with Crippen LogP contribution in [0.2, 0.25) is 0 Å². The van der Waals surface area contributed by atoms with Crippen LogP contribution in [0.5, 0.6) is 0 Å². The first-order valence-electron chi connectivity index (χ1n) is 5.75. The molecule has 17 heavy (non-hydrogen) atoms. The van der Waals surface area contributed by atoms with Gasteiger partial charge in [-0.15, -0.1) is 0 Å². The van der Waals surface area contributed by atoms with Crippen molar-refractivity contribution < 1.29 is 4.79 Å². The Morgan fingerprint density at radius 2 is 2.24 bits per heavy atom. The number of hydrogen-bond donors (Lipinski definition) is 1. The van der Waals surface area contributed by atoms with Crippen molar-refractivity contribution in [3.05, 3.63) is 22.4 Å². The van der Waals surface area contributed by atoms with Crippen LogP contribution in [0.4, 0.5) is 0 Å². The number of aryl methyl sites for hydroxylation is 1. The minimum Gasteiger partial charge on any atom is -0.347 e. The molecule has 1 N–H and O–H groups in total. The van der Waals surface area contributed by atoms with Gasteiger partial charge in [-0.2, -0.15) is 0 Å². The van der Waals surface area contributed by atoms with E-state index in [2.05, 4.69) is 26.1 Å². The number of carbonyl (C=O) groups excluding carboxylic acids is 1. The maximum Gasteiger partial charge on any atom is 0.268 e. The Morgan fingerprint density at radius 1 is 1.59 bits per heavy atom. The predicted molar refractivity (Wildman–Crippen MR) is 73.3 cm³/mol. The highest BCUT2D eigenvalue weighted by atomic mass is 79.9. The van der Waals surface area contributed by atoms with Gasteiger partial charge < -0.3 is 14.8 Å². The summed E-state index contributed by atoms with van der Waals surface area (Å²) in [5.74, 6) is -0.0214. The van der Waals surface area contributed by atoms with E-state index in [9.17, 15) is 4.79 Å². The molecule has 0 aromatic carbocycles. The lowest BCUT2D eigenvalue weighted by molar-refractivity contribution is 0.0925. The molecule has 1 aromatic rings. The maximum absolute atomic E-state index is 12.1. The number of amides is 1. The zero-order valence-electron chi connectivity index (χ0n) is 10.8. The lowest BCUT2D eigenvalue weighted by atomic mass is 10.3. The predicted octanol–water partition coefficient (Wildman–Crippen LogP) is 1.95. The number of hydrogen-bond acceptors (Lipinski definition) is 2. The van der Waals surface area contributed by atoms with Gasteiger partial charge in [0.2, 0.25) is 0 Å². The monoisotopic (exact) mass is 301 g/mol. The van der Waals surface area contributed by atoms with Crippen molar-refractivity contribution in [3.63, 3.8) is 0 Å². The fourth-order valence-electron chi connectivity index (χ4n) is 1.82. The molecule has 1 unspecified atom stereocenters. The van der Waals surface area contributed by atoms with Crippen molar-refractivity contribution in [3.8, 4) is 0 Å². The highest BCUT2D eigenvalue weighted by molar-refractivity contribution is 9.10. The second-order valence-electron chi connectivity index (χ2n) is 4.47. The number of carbonyl (C=O) groups is 1. The fourth-order valence-corrected chi connectivity index (χ4v) is 2.28. The molecule has 0 spiro atoms. The normalized spacial score (nSPS) is 12.8. The van der Waals surface area contributed by atoms with Crippen molar-refractivity contribution in [1.29, 1.82) is 0 Å². The maximum atomic E-state index is 12.1. The number of nitrogens with zero attached hydrogens (tertiary/aromatic N) is 2. The zero-order chi connectivity index (χ0) is 13.0. The third kappa shape index (κ3) is 4.16. The van der Waals surface area contributed by atoms with Gasteiger partial charge in [-0.3, -0.25) is 4.79 Å². The molecule has 96 valence electrons. The van der Waals surface area contributed by atoms with Crippen LogP contribution in [0.1, 0.15) is 24.3 Å². The summed E-state index contributed by atoms with van der Waals surface area (Å²) in [6.07, 6.45) is 1.92. The van der Waals surface area contributed by atoms with Crippen LogP contribution >= 0.6 is 15.9 Å². The van der Waals surface area contributed by atoms with Crippen molar-refractivity contribution in [1.82, 2.24) is 14.8 Å². The lowest BCUT2D eigenvalue weighted by Crippen LogP contribution is -2.40. The van der Waals surface area contributed by atoms with E-state index in [1.54, 1.807) is 0 Å². The molecule has 0 aliphatic carbocycles. The highest BCUT2D eigenvalue weighted by Crippen LogP contribution is 2.15. The first-order chi connectivity index (χ1) is 7.93. The van der Waals surface area contributed by atoms with Gasteiger partial charge in [0.05, 0.1) is 0 Å². The number of rotatable bonds is 5. The molecule has 0 saturated heterocycles. The topological polar surface area (TPSA) is 37.3 Å². The van der Waals surface area contributed by atoms with Crippen molar-refractivity contribution in [2.75, 3.05) is 20.6 Å². The van der Waals surface area contributed by atoms with E-state index >= 15 is 0 Å². The van der Waals surface area contributed by atoms with Crippen LogP contribution in [-0.2, 0) is 6.54 Å². The van der Waals surface area contributed by atoms with Crippen LogP contribution in [0.3, 0.4) is 0 Å². The van der Waals surface area contributed by atoms with E-state index in [4.69, 9.17) is 0 Å². The molecule has 5 heteroatoms. The summed E-state index contributed by atoms with van der Waals surface area (Å²) in [7, 11) is 3.99. The van der Waals surface area contributed by atoms with E-state index in [1.165, 1.54) is 0 Å². The third-order valence-electron chi connectivity index (χ3n) is 2.45. The number of halogens is 1. The van der Waals surface area contributed by atoms with Crippen molar-refractivity contribution >= 4 is 21.8 Å². The molecule has 0 aliphatic heterocycles. The minimum atomic E-state index is -0.0214. The minimum absolute atomic E-state index is 0.0214. The van der Waals surface area contributed by atoms with E-state index in [0.717, 1.165) is 17.6 Å². The molecule has 1 rings (SSSR count). The second kappa shape index (κ2) is 6.21. The molecule has 1 heterocycles. The van der Waals surface area contributed by atoms with Crippen LogP contribution < -0.4 is 5.32 Å². The van der Waals surface area contributed by atoms with Gasteiger partial charge in [0.25, 0.3) is 5.91 Å². The van der Waals surface area contributed by atoms with Gasteiger partial charge in [0.1, 0.15) is 5.69 Å². The SMILES string of the molecule is CCn1cc(Br)cc1C(=O)NC(C)CN(C)C. The summed E-state index contributed by atoms with van der Waals surface area (Å²) >= 11 is 3.39. The van der Waals surface area contributed by atoms with Gasteiger partial charge >= 0.3 is 0 Å². The third-order valence-corrected chi connectivity index (χ3v) is 2.89.